The number of ether oxygens (including phenoxy) is 1. The summed E-state index contributed by atoms with van der Waals surface area (Å²) >= 11 is 0. The monoisotopic (exact) mass is 570 g/mol. The predicted molar refractivity (Wildman–Crippen MR) is 152 cm³/mol. The Labute approximate surface area is 224 Å². The number of nitrogen functional groups attached to an aromatic ring is 1. The van der Waals surface area contributed by atoms with Crippen LogP contribution in [0.4, 0.5) is 5.82 Å². The van der Waals surface area contributed by atoms with Crippen molar-refractivity contribution in [1.82, 2.24) is 15.7 Å². The number of nitrogens with two attached hydrogens (primary N) is 1. The summed E-state index contributed by atoms with van der Waals surface area (Å²) in [4.78, 5) is 25.3. The molecular weight excluding hydrogens is 523 g/mol. The summed E-state index contributed by atoms with van der Waals surface area (Å²) in [6, 6.07) is 1.45. The average molecular weight is 571 g/mol. The molecule has 0 spiro atoms. The van der Waals surface area contributed by atoms with Crippen LogP contribution in [0.5, 0.6) is 0 Å². The van der Waals surface area contributed by atoms with Crippen LogP contribution < -0.4 is 17.6 Å². The Hall–Kier alpha value is -0.590. The third kappa shape index (κ3) is 18.6. The second-order valence-electron chi connectivity index (χ2n) is 8.54. The van der Waals surface area contributed by atoms with Gasteiger partial charge in [-0.2, -0.15) is 4.98 Å². The molecule has 212 valence electrons. The summed E-state index contributed by atoms with van der Waals surface area (Å²) in [5.74, 6) is 2.07. The highest BCUT2D eigenvalue weighted by Crippen LogP contribution is 2.42. The largest absolute Gasteiger partial charge is 0.394 e. The van der Waals surface area contributed by atoms with Crippen molar-refractivity contribution in [3.63, 3.8) is 0 Å². The highest BCUT2D eigenvalue weighted by Gasteiger charge is 2.22. The summed E-state index contributed by atoms with van der Waals surface area (Å²) in [5, 5.41) is 9.45. The first-order chi connectivity index (χ1) is 16.9. The molecule has 2 atom stereocenters. The second kappa shape index (κ2) is 22.4. The number of aliphatic hydroxyl groups is 1. The third-order valence-electron chi connectivity index (χ3n) is 5.30. The summed E-state index contributed by atoms with van der Waals surface area (Å²) in [6.45, 7) is 1.97. The molecule has 0 radical (unpaired) electrons. The van der Waals surface area contributed by atoms with E-state index in [-0.39, 0.29) is 25.1 Å². The lowest BCUT2D eigenvalue weighted by atomic mass is 10.1. The molecule has 0 saturated carbocycles. The van der Waals surface area contributed by atoms with Gasteiger partial charge in [0.05, 0.1) is 25.9 Å². The van der Waals surface area contributed by atoms with E-state index in [0.717, 1.165) is 11.5 Å². The van der Waals surface area contributed by atoms with E-state index in [9.17, 15) is 19.4 Å². The molecule has 0 aliphatic heterocycles. The van der Waals surface area contributed by atoms with Gasteiger partial charge in [-0.15, -0.1) is 0 Å². The zero-order chi connectivity index (χ0) is 25.8. The highest BCUT2D eigenvalue weighted by atomic mass is 33.1. The van der Waals surface area contributed by atoms with E-state index in [1.54, 1.807) is 10.8 Å². The van der Waals surface area contributed by atoms with Crippen molar-refractivity contribution >= 4 is 35.0 Å². The molecule has 7 N–H and O–H groups in total. The minimum Gasteiger partial charge on any atom is -0.394 e. The van der Waals surface area contributed by atoms with Gasteiger partial charge in [-0.1, -0.05) is 86.3 Å². The molecular formula is C23H47N4O6PS2. The molecule has 1 heterocycles. The molecule has 0 amide bonds. The fourth-order valence-electron chi connectivity index (χ4n) is 3.29. The van der Waals surface area contributed by atoms with Crippen molar-refractivity contribution in [2.75, 3.05) is 36.8 Å². The number of hydrogen-bond donors (Lipinski definition) is 4. The van der Waals surface area contributed by atoms with Gasteiger partial charge in [-0.3, -0.25) is 9.13 Å². The van der Waals surface area contributed by atoms with Crippen molar-refractivity contribution < 1.29 is 23.8 Å². The number of rotatable bonds is 23. The fourth-order valence-corrected chi connectivity index (χ4v) is 6.39. The van der Waals surface area contributed by atoms with Crippen LogP contribution in [0.25, 0.3) is 0 Å². The van der Waals surface area contributed by atoms with Crippen LogP contribution in [0, 0.1) is 0 Å². The van der Waals surface area contributed by atoms with Gasteiger partial charge in [0.1, 0.15) is 12.2 Å². The maximum atomic E-state index is 12.2. The van der Waals surface area contributed by atoms with Crippen LogP contribution in [0.3, 0.4) is 0 Å². The first-order valence-electron chi connectivity index (χ1n) is 12.6. The molecule has 0 fully saturated rings. The molecule has 0 saturated heterocycles. The summed E-state index contributed by atoms with van der Waals surface area (Å²) in [5.41, 5.74) is 4.86. The van der Waals surface area contributed by atoms with Crippen molar-refractivity contribution in [2.24, 2.45) is 0 Å². The molecule has 1 aromatic rings. The predicted octanol–water partition coefficient (Wildman–Crippen LogP) is 5.22. The lowest BCUT2D eigenvalue weighted by Crippen LogP contribution is -2.32. The summed E-state index contributed by atoms with van der Waals surface area (Å²) < 4.78 is 23.8. The van der Waals surface area contributed by atoms with Gasteiger partial charge in [0.25, 0.3) is 0 Å². The smallest absolute Gasteiger partial charge is 0.353 e. The van der Waals surface area contributed by atoms with E-state index in [1.807, 2.05) is 10.8 Å². The molecule has 36 heavy (non-hydrogen) atoms. The zero-order valence-electron chi connectivity index (χ0n) is 21.7. The molecule has 13 heteroatoms. The highest BCUT2D eigenvalue weighted by molar-refractivity contribution is 8.76. The quantitative estimate of drug-likeness (QED) is 0.0772. The number of unbranched alkanes of at least 4 members (excludes halogenated alkanes) is 9. The Morgan fingerprint density at radius 2 is 1.64 bits per heavy atom. The Balaban J connectivity index is 0.0000122. The normalized spacial score (nSPS) is 13.8. The molecule has 1 unspecified atom stereocenters. The maximum Gasteiger partial charge on any atom is 0.353 e. The van der Waals surface area contributed by atoms with Crippen molar-refractivity contribution in [1.29, 1.82) is 0 Å². The Morgan fingerprint density at radius 1 is 1.06 bits per heavy atom. The van der Waals surface area contributed by atoms with Gasteiger partial charge >= 0.3 is 13.3 Å². The van der Waals surface area contributed by atoms with Gasteiger partial charge in [0.15, 0.2) is 0 Å². The molecule has 0 aliphatic carbocycles. The minimum absolute atomic E-state index is 0. The van der Waals surface area contributed by atoms with E-state index < -0.39 is 32.3 Å². The number of aromatic nitrogens is 2. The maximum absolute atomic E-state index is 12.2. The first-order valence-corrected chi connectivity index (χ1v) is 16.9. The van der Waals surface area contributed by atoms with Crippen LogP contribution in [-0.4, -0.2) is 56.7 Å². The number of anilines is 1. The van der Waals surface area contributed by atoms with Crippen LogP contribution in [-0.2, 0) is 20.4 Å². The molecule has 10 nitrogen and oxygen atoms in total. The lowest BCUT2D eigenvalue weighted by molar-refractivity contribution is 0.0168. The Kier molecular flexibility index (Phi) is 22.0. The van der Waals surface area contributed by atoms with Gasteiger partial charge in [-0.05, 0) is 18.9 Å². The van der Waals surface area contributed by atoms with Gasteiger partial charge in [-0.25, -0.2) is 4.79 Å². The van der Waals surface area contributed by atoms with Crippen LogP contribution in [0.15, 0.2) is 17.1 Å². The SMILES string of the molecule is CCCCCCCCCCCCSSCCCOP(=O)(O)CO[C@H](CO)Cn1ccc(N)nc1=O.N. The van der Waals surface area contributed by atoms with Crippen molar-refractivity contribution in [3.05, 3.63) is 22.7 Å². The summed E-state index contributed by atoms with van der Waals surface area (Å²) in [7, 11) is -0.337. The summed E-state index contributed by atoms with van der Waals surface area (Å²) in [6.07, 6.45) is 14.1. The molecule has 0 bridgehead atoms. The van der Waals surface area contributed by atoms with Gasteiger partial charge < -0.3 is 31.1 Å². The zero-order valence-corrected chi connectivity index (χ0v) is 24.3. The standard InChI is InChI=1S/C23H44N3O6PS2.H3N/c1-2-3-4-5-6-7-8-9-10-11-16-34-35-17-12-15-32-33(29,30)20-31-21(19-27)18-26-14-13-22(24)25-23(26)28;/h13-14,21,27H,2-12,15-20H2,1H3,(H,29,30)(H2,24,25,28);1H3/t21-;/m0./s1. The molecule has 0 aliphatic rings. The second-order valence-corrected chi connectivity index (χ2v) is 13.0. The molecule has 0 aromatic carbocycles. The molecule has 1 aromatic heterocycles. The first kappa shape index (κ1) is 35.4. The van der Waals surface area contributed by atoms with E-state index in [2.05, 4.69) is 11.9 Å². The number of aliphatic hydroxyl groups excluding tert-OH is 1. The van der Waals surface area contributed by atoms with Crippen molar-refractivity contribution in [3.8, 4) is 0 Å². The topological polar surface area (TPSA) is 172 Å². The lowest BCUT2D eigenvalue weighted by Gasteiger charge is -2.19. The number of hydrogen-bond acceptors (Lipinski definition) is 10. The van der Waals surface area contributed by atoms with E-state index in [4.69, 9.17) is 15.0 Å². The van der Waals surface area contributed by atoms with Gasteiger partial charge in [0, 0.05) is 17.7 Å². The Morgan fingerprint density at radius 3 is 2.22 bits per heavy atom. The van der Waals surface area contributed by atoms with E-state index in [0.29, 0.717) is 6.42 Å². The molecule has 1 rings (SSSR count). The van der Waals surface area contributed by atoms with Crippen LogP contribution in [0.2, 0.25) is 0 Å². The minimum atomic E-state index is -3.94. The average Bonchev–Trinajstić information content (AvgIpc) is 2.82. The van der Waals surface area contributed by atoms with Crippen LogP contribution in [0.1, 0.15) is 77.6 Å². The van der Waals surface area contributed by atoms with E-state index >= 15 is 0 Å². The number of nitrogens with zero attached hydrogens (tertiary/aromatic N) is 2. The Bertz CT molecular complexity index is 774. The van der Waals surface area contributed by atoms with Crippen molar-refractivity contribution in [2.45, 2.75) is 90.2 Å². The van der Waals surface area contributed by atoms with Crippen LogP contribution >= 0.6 is 29.2 Å². The van der Waals surface area contributed by atoms with Gasteiger partial charge in [0.2, 0.25) is 0 Å². The fraction of sp³-hybridized carbons (Fsp3) is 0.826. The third-order valence-corrected chi connectivity index (χ3v) is 8.94. The van der Waals surface area contributed by atoms with E-state index in [1.165, 1.54) is 81.0 Å².